The molecule has 0 aliphatic carbocycles. The van der Waals surface area contributed by atoms with Crippen LogP contribution in [-0.2, 0) is 4.79 Å². The highest BCUT2D eigenvalue weighted by atomic mass is 16.4. The van der Waals surface area contributed by atoms with Crippen LogP contribution >= 0.6 is 0 Å². The average molecular weight is 225 g/mol. The lowest BCUT2D eigenvalue weighted by Crippen LogP contribution is -2.22. The lowest BCUT2D eigenvalue weighted by molar-refractivity contribution is -0.119. The van der Waals surface area contributed by atoms with E-state index in [0.29, 0.717) is 11.4 Å². The van der Waals surface area contributed by atoms with Crippen LogP contribution in [0.3, 0.4) is 0 Å². The van der Waals surface area contributed by atoms with Gasteiger partial charge < -0.3 is 16.3 Å². The van der Waals surface area contributed by atoms with Gasteiger partial charge in [0.2, 0.25) is 5.91 Å². The average Bonchev–Trinajstić information content (AvgIpc) is 2.74. The highest BCUT2D eigenvalue weighted by Crippen LogP contribution is 2.12. The van der Waals surface area contributed by atoms with E-state index in [0.717, 1.165) is 6.42 Å². The van der Waals surface area contributed by atoms with Crippen LogP contribution in [0.2, 0.25) is 0 Å². The number of hydrogen-bond donors (Lipinski definition) is 4. The summed E-state index contributed by atoms with van der Waals surface area (Å²) in [4.78, 5) is 11.6. The van der Waals surface area contributed by atoms with Gasteiger partial charge in [-0.15, -0.1) is 0 Å². The molecule has 1 unspecified atom stereocenters. The van der Waals surface area contributed by atoms with E-state index in [1.165, 1.54) is 6.20 Å². The Kier molecular flexibility index (Phi) is 3.87. The number of anilines is 1. The molecule has 1 aromatic heterocycles. The largest absolute Gasteiger partial charge is 0.409 e. The van der Waals surface area contributed by atoms with E-state index in [4.69, 9.17) is 10.9 Å². The van der Waals surface area contributed by atoms with Crippen molar-refractivity contribution in [3.8, 4) is 0 Å². The number of nitrogens with zero attached hydrogens (tertiary/aromatic N) is 2. The van der Waals surface area contributed by atoms with Crippen molar-refractivity contribution >= 4 is 17.6 Å². The summed E-state index contributed by atoms with van der Waals surface area (Å²) < 4.78 is 0. The van der Waals surface area contributed by atoms with E-state index in [1.54, 1.807) is 0 Å². The zero-order chi connectivity index (χ0) is 12.1. The zero-order valence-corrected chi connectivity index (χ0v) is 9.19. The van der Waals surface area contributed by atoms with Crippen LogP contribution in [0.15, 0.2) is 11.4 Å². The van der Waals surface area contributed by atoms with Crippen LogP contribution in [0, 0.1) is 5.92 Å². The molecule has 16 heavy (non-hydrogen) atoms. The number of H-pyrrole nitrogens is 1. The fourth-order valence-corrected chi connectivity index (χ4v) is 1.06. The van der Waals surface area contributed by atoms with E-state index in [9.17, 15) is 4.79 Å². The second-order valence-corrected chi connectivity index (χ2v) is 3.44. The third kappa shape index (κ3) is 2.50. The van der Waals surface area contributed by atoms with Crippen molar-refractivity contribution in [1.82, 2.24) is 10.2 Å². The van der Waals surface area contributed by atoms with E-state index in [2.05, 4.69) is 20.7 Å². The Balaban J connectivity index is 2.82. The summed E-state index contributed by atoms with van der Waals surface area (Å²) in [5, 5.41) is 20.3. The van der Waals surface area contributed by atoms with Crippen molar-refractivity contribution in [3.63, 3.8) is 0 Å². The molecule has 0 aliphatic heterocycles. The molecule has 88 valence electrons. The fraction of sp³-hybridized carbons (Fsp3) is 0.444. The molecule has 7 heteroatoms. The lowest BCUT2D eigenvalue weighted by Gasteiger charge is -2.09. The Morgan fingerprint density at radius 3 is 3.06 bits per heavy atom. The van der Waals surface area contributed by atoms with E-state index in [1.807, 2.05) is 13.8 Å². The molecule has 7 nitrogen and oxygen atoms in total. The first-order valence-electron chi connectivity index (χ1n) is 4.92. The van der Waals surface area contributed by atoms with Crippen molar-refractivity contribution < 1.29 is 10.0 Å². The standard InChI is InChI=1S/C9H15N5O2/c1-3-5(2)9(15)12-8-6(4-11-13-8)7(10)14-16/h4-5,16H,3H2,1-2H3,(H2,10,14)(H2,11,12,13,15). The maximum Gasteiger partial charge on any atom is 0.228 e. The van der Waals surface area contributed by atoms with Gasteiger partial charge in [-0.2, -0.15) is 5.10 Å². The Hall–Kier alpha value is -2.05. The number of rotatable bonds is 4. The van der Waals surface area contributed by atoms with Gasteiger partial charge in [-0.25, -0.2) is 0 Å². The number of carbonyl (C=O) groups is 1. The quantitative estimate of drug-likeness (QED) is 0.258. The number of aromatic amines is 1. The zero-order valence-electron chi connectivity index (χ0n) is 9.19. The Morgan fingerprint density at radius 2 is 2.50 bits per heavy atom. The molecule has 0 saturated heterocycles. The number of amides is 1. The molecule has 1 amide bonds. The van der Waals surface area contributed by atoms with Gasteiger partial charge >= 0.3 is 0 Å². The van der Waals surface area contributed by atoms with E-state index in [-0.39, 0.29) is 17.7 Å². The predicted octanol–water partition coefficient (Wildman–Crippen LogP) is 0.489. The number of nitrogens with two attached hydrogens (primary N) is 1. The summed E-state index contributed by atoms with van der Waals surface area (Å²) in [5.41, 5.74) is 5.77. The molecule has 0 bridgehead atoms. The lowest BCUT2D eigenvalue weighted by atomic mass is 10.1. The van der Waals surface area contributed by atoms with Crippen LogP contribution in [0.5, 0.6) is 0 Å². The smallest absolute Gasteiger partial charge is 0.228 e. The highest BCUT2D eigenvalue weighted by Gasteiger charge is 2.15. The minimum absolute atomic E-state index is 0.104. The molecule has 0 aromatic carbocycles. The van der Waals surface area contributed by atoms with Crippen molar-refractivity contribution in [2.45, 2.75) is 20.3 Å². The summed E-state index contributed by atoms with van der Waals surface area (Å²) in [7, 11) is 0. The normalized spacial score (nSPS) is 13.5. The third-order valence-corrected chi connectivity index (χ3v) is 2.33. The number of amidine groups is 1. The summed E-state index contributed by atoms with van der Waals surface area (Å²) in [6, 6.07) is 0. The summed E-state index contributed by atoms with van der Waals surface area (Å²) in [6.07, 6.45) is 2.11. The summed E-state index contributed by atoms with van der Waals surface area (Å²) in [5.74, 6) is -0.0176. The second kappa shape index (κ2) is 5.15. The predicted molar refractivity (Wildman–Crippen MR) is 59.2 cm³/mol. The van der Waals surface area contributed by atoms with Gasteiger partial charge in [0.05, 0.1) is 11.8 Å². The topological polar surface area (TPSA) is 116 Å². The molecule has 0 fully saturated rings. The molecule has 1 heterocycles. The molecule has 0 aliphatic rings. The number of carbonyl (C=O) groups excluding carboxylic acids is 1. The molecule has 0 spiro atoms. The number of hydrogen-bond acceptors (Lipinski definition) is 4. The van der Waals surface area contributed by atoms with E-state index < -0.39 is 0 Å². The maximum absolute atomic E-state index is 11.6. The molecule has 1 rings (SSSR count). The fourth-order valence-electron chi connectivity index (χ4n) is 1.06. The molecule has 0 radical (unpaired) electrons. The SMILES string of the molecule is CCC(C)C(=O)Nc1[nH]ncc1C(N)=NO. The number of oxime groups is 1. The van der Waals surface area contributed by atoms with Gasteiger partial charge in [0.1, 0.15) is 5.82 Å². The van der Waals surface area contributed by atoms with Gasteiger partial charge in [0, 0.05) is 5.92 Å². The van der Waals surface area contributed by atoms with Crippen molar-refractivity contribution in [2.24, 2.45) is 16.8 Å². The molecular formula is C9H15N5O2. The first kappa shape index (κ1) is 12.0. The first-order valence-corrected chi connectivity index (χ1v) is 4.92. The summed E-state index contributed by atoms with van der Waals surface area (Å²) >= 11 is 0. The van der Waals surface area contributed by atoms with Crippen LogP contribution in [0.4, 0.5) is 5.82 Å². The van der Waals surface area contributed by atoms with Crippen LogP contribution < -0.4 is 11.1 Å². The highest BCUT2D eigenvalue weighted by molar-refractivity contribution is 6.04. The molecule has 5 N–H and O–H groups in total. The summed E-state index contributed by atoms with van der Waals surface area (Å²) in [6.45, 7) is 3.73. The molecule has 1 aromatic rings. The Labute approximate surface area is 92.7 Å². The maximum atomic E-state index is 11.6. The third-order valence-electron chi connectivity index (χ3n) is 2.33. The second-order valence-electron chi connectivity index (χ2n) is 3.44. The van der Waals surface area contributed by atoms with Crippen molar-refractivity contribution in [3.05, 3.63) is 11.8 Å². The van der Waals surface area contributed by atoms with Crippen molar-refractivity contribution in [2.75, 3.05) is 5.32 Å². The molecule has 1 atom stereocenters. The van der Waals surface area contributed by atoms with E-state index >= 15 is 0 Å². The first-order chi connectivity index (χ1) is 7.60. The number of aromatic nitrogens is 2. The molecule has 0 saturated carbocycles. The van der Waals surface area contributed by atoms with Gasteiger partial charge in [-0.1, -0.05) is 19.0 Å². The monoisotopic (exact) mass is 225 g/mol. The van der Waals surface area contributed by atoms with Gasteiger partial charge in [-0.3, -0.25) is 9.89 Å². The Bertz CT molecular complexity index is 398. The Morgan fingerprint density at radius 1 is 1.81 bits per heavy atom. The minimum Gasteiger partial charge on any atom is -0.409 e. The van der Waals surface area contributed by atoms with Crippen LogP contribution in [-0.4, -0.2) is 27.1 Å². The van der Waals surface area contributed by atoms with Gasteiger partial charge in [0.15, 0.2) is 5.84 Å². The number of nitrogens with one attached hydrogen (secondary N) is 2. The van der Waals surface area contributed by atoms with Crippen LogP contribution in [0.25, 0.3) is 0 Å². The van der Waals surface area contributed by atoms with Crippen LogP contribution in [0.1, 0.15) is 25.8 Å². The minimum atomic E-state index is -0.140. The van der Waals surface area contributed by atoms with Gasteiger partial charge in [-0.05, 0) is 6.42 Å². The van der Waals surface area contributed by atoms with Crippen molar-refractivity contribution in [1.29, 1.82) is 0 Å². The van der Waals surface area contributed by atoms with Gasteiger partial charge in [0.25, 0.3) is 0 Å². The molecular weight excluding hydrogens is 210 g/mol.